The highest BCUT2D eigenvalue weighted by molar-refractivity contribution is 6.36. The smallest absolute Gasteiger partial charge is 0.363 e. The van der Waals surface area contributed by atoms with E-state index in [1.807, 2.05) is 0 Å². The Labute approximate surface area is 150 Å². The molecule has 0 N–H and O–H groups in total. The summed E-state index contributed by atoms with van der Waals surface area (Å²) >= 11 is 17.7. The molecule has 3 rings (SSSR count). The van der Waals surface area contributed by atoms with Gasteiger partial charge in [0.25, 0.3) is 0 Å². The molecule has 1 heterocycles. The van der Waals surface area contributed by atoms with Gasteiger partial charge in [0, 0.05) is 10.0 Å². The number of halogens is 5. The maximum Gasteiger partial charge on any atom is 0.363 e. The van der Waals surface area contributed by atoms with Gasteiger partial charge in [0.1, 0.15) is 0 Å². The van der Waals surface area contributed by atoms with E-state index in [1.165, 1.54) is 12.1 Å². The summed E-state index contributed by atoms with van der Waals surface area (Å²) in [7, 11) is 0. The fraction of sp³-hybridized carbons (Fsp3) is 0. The van der Waals surface area contributed by atoms with Gasteiger partial charge in [-0.15, -0.1) is 0 Å². The third-order valence-electron chi connectivity index (χ3n) is 3.12. The van der Waals surface area contributed by atoms with Gasteiger partial charge >= 0.3 is 5.97 Å². The van der Waals surface area contributed by atoms with Gasteiger partial charge in [0.2, 0.25) is 5.90 Å². The van der Waals surface area contributed by atoms with Crippen LogP contribution in [-0.2, 0) is 9.53 Å². The Morgan fingerprint density at radius 2 is 1.71 bits per heavy atom. The Bertz CT molecular complexity index is 926. The number of cyclic esters (lactones) is 1. The van der Waals surface area contributed by atoms with Crippen molar-refractivity contribution in [1.82, 2.24) is 0 Å². The maximum atomic E-state index is 13.4. The van der Waals surface area contributed by atoms with Crippen LogP contribution in [0.4, 0.5) is 8.78 Å². The molecule has 0 spiro atoms. The van der Waals surface area contributed by atoms with Crippen LogP contribution >= 0.6 is 34.8 Å². The molecule has 3 nitrogen and oxygen atoms in total. The van der Waals surface area contributed by atoms with Crippen molar-refractivity contribution in [2.45, 2.75) is 0 Å². The largest absolute Gasteiger partial charge is 0.402 e. The molecule has 8 heteroatoms. The molecule has 0 aliphatic carbocycles. The third kappa shape index (κ3) is 3.29. The molecule has 0 amide bonds. The number of benzene rings is 2. The predicted molar refractivity (Wildman–Crippen MR) is 88.4 cm³/mol. The molecule has 2 aromatic carbocycles. The van der Waals surface area contributed by atoms with E-state index in [-0.39, 0.29) is 22.2 Å². The minimum Gasteiger partial charge on any atom is -0.402 e. The van der Waals surface area contributed by atoms with Crippen molar-refractivity contribution in [3.8, 4) is 0 Å². The number of rotatable bonds is 2. The number of nitrogens with zero attached hydrogens (tertiary/aromatic N) is 1. The predicted octanol–water partition coefficient (Wildman–Crippen LogP) is 5.27. The number of aliphatic imine (C=N–C) groups is 1. The van der Waals surface area contributed by atoms with Gasteiger partial charge in [-0.2, -0.15) is 0 Å². The van der Waals surface area contributed by atoms with E-state index < -0.39 is 17.6 Å². The van der Waals surface area contributed by atoms with Gasteiger partial charge in [0.05, 0.1) is 10.6 Å². The summed E-state index contributed by atoms with van der Waals surface area (Å²) in [6.45, 7) is 0. The van der Waals surface area contributed by atoms with Crippen molar-refractivity contribution < 1.29 is 18.3 Å². The van der Waals surface area contributed by atoms with Gasteiger partial charge in [-0.05, 0) is 35.9 Å². The first-order valence-electron chi connectivity index (χ1n) is 6.47. The quantitative estimate of drug-likeness (QED) is 0.399. The van der Waals surface area contributed by atoms with E-state index in [4.69, 9.17) is 39.5 Å². The normalized spacial score (nSPS) is 15.6. The molecule has 0 fully saturated rings. The molecule has 0 radical (unpaired) electrons. The summed E-state index contributed by atoms with van der Waals surface area (Å²) in [6.07, 6.45) is 1.39. The number of carbonyl (C=O) groups is 1. The van der Waals surface area contributed by atoms with Gasteiger partial charge in [0.15, 0.2) is 17.3 Å². The van der Waals surface area contributed by atoms with Crippen LogP contribution in [0.5, 0.6) is 0 Å². The molecular weight excluding hydrogens is 383 g/mol. The molecule has 0 aromatic heterocycles. The van der Waals surface area contributed by atoms with Gasteiger partial charge in [-0.25, -0.2) is 18.6 Å². The molecule has 24 heavy (non-hydrogen) atoms. The lowest BCUT2D eigenvalue weighted by molar-refractivity contribution is -0.129. The summed E-state index contributed by atoms with van der Waals surface area (Å²) in [5.74, 6) is -3.24. The van der Waals surface area contributed by atoms with Crippen LogP contribution in [0, 0.1) is 11.6 Å². The number of hydrogen-bond acceptors (Lipinski definition) is 3. The van der Waals surface area contributed by atoms with E-state index in [0.29, 0.717) is 15.6 Å². The Hall–Kier alpha value is -1.95. The van der Waals surface area contributed by atoms with Gasteiger partial charge < -0.3 is 4.74 Å². The van der Waals surface area contributed by atoms with Crippen LogP contribution < -0.4 is 0 Å². The third-order valence-corrected chi connectivity index (χ3v) is 3.99. The van der Waals surface area contributed by atoms with Crippen molar-refractivity contribution in [2.75, 3.05) is 0 Å². The first kappa shape index (κ1) is 16.9. The van der Waals surface area contributed by atoms with Gasteiger partial charge in [-0.3, -0.25) is 0 Å². The second kappa shape index (κ2) is 6.51. The average molecular weight is 389 g/mol. The molecule has 0 saturated heterocycles. The summed E-state index contributed by atoms with van der Waals surface area (Å²) in [4.78, 5) is 15.9. The molecule has 0 atom stereocenters. The molecule has 0 saturated carbocycles. The van der Waals surface area contributed by atoms with Crippen molar-refractivity contribution in [3.05, 3.63) is 73.9 Å². The Morgan fingerprint density at radius 1 is 1.00 bits per heavy atom. The van der Waals surface area contributed by atoms with E-state index in [1.54, 1.807) is 12.1 Å². The standard InChI is InChI=1S/C16H6Cl3F2NO2/c17-8-2-1-7(10(18)4-8)3-14-16(23)24-15(22-14)9-5-12(20)13(21)6-11(9)19/h1-6H/b14-3-. The van der Waals surface area contributed by atoms with E-state index in [2.05, 4.69) is 4.99 Å². The molecule has 1 aliphatic rings. The molecule has 0 unspecified atom stereocenters. The SMILES string of the molecule is O=C1OC(c2cc(F)c(F)cc2Cl)=N/C1=C\c1ccc(Cl)cc1Cl. The zero-order valence-corrected chi connectivity index (χ0v) is 13.9. The number of hydrogen-bond donors (Lipinski definition) is 0. The maximum absolute atomic E-state index is 13.4. The number of carbonyl (C=O) groups excluding carboxylic acids is 1. The Morgan fingerprint density at radius 3 is 2.42 bits per heavy atom. The van der Waals surface area contributed by atoms with E-state index in [9.17, 15) is 13.6 Å². The second-order valence-electron chi connectivity index (χ2n) is 4.75. The Kier molecular flexibility index (Phi) is 4.58. The van der Waals surface area contributed by atoms with Crippen molar-refractivity contribution in [3.63, 3.8) is 0 Å². The molecule has 1 aliphatic heterocycles. The monoisotopic (exact) mass is 387 g/mol. The van der Waals surface area contributed by atoms with Crippen LogP contribution in [0.25, 0.3) is 6.08 Å². The molecular formula is C16H6Cl3F2NO2. The lowest BCUT2D eigenvalue weighted by Crippen LogP contribution is -2.07. The fourth-order valence-corrected chi connectivity index (χ4v) is 2.67. The van der Waals surface area contributed by atoms with Crippen molar-refractivity contribution in [1.29, 1.82) is 0 Å². The first-order chi connectivity index (χ1) is 11.3. The fourth-order valence-electron chi connectivity index (χ4n) is 1.98. The summed E-state index contributed by atoms with van der Waals surface area (Å²) < 4.78 is 31.5. The zero-order valence-electron chi connectivity index (χ0n) is 11.6. The van der Waals surface area contributed by atoms with E-state index >= 15 is 0 Å². The average Bonchev–Trinajstić information content (AvgIpc) is 2.86. The second-order valence-corrected chi connectivity index (χ2v) is 6.00. The first-order valence-corrected chi connectivity index (χ1v) is 7.61. The van der Waals surface area contributed by atoms with E-state index in [0.717, 1.165) is 12.1 Å². The minimum atomic E-state index is -1.13. The highest BCUT2D eigenvalue weighted by Crippen LogP contribution is 2.28. The highest BCUT2D eigenvalue weighted by atomic mass is 35.5. The minimum absolute atomic E-state index is 0.0329. The van der Waals surface area contributed by atoms with Crippen LogP contribution in [0.15, 0.2) is 41.0 Å². The lowest BCUT2D eigenvalue weighted by atomic mass is 10.2. The zero-order chi connectivity index (χ0) is 17.4. The Balaban J connectivity index is 2.02. The number of esters is 1. The van der Waals surface area contributed by atoms with Gasteiger partial charge in [-0.1, -0.05) is 40.9 Å². The van der Waals surface area contributed by atoms with Crippen LogP contribution in [0.1, 0.15) is 11.1 Å². The van der Waals surface area contributed by atoms with Crippen molar-refractivity contribution >= 4 is 52.7 Å². The topological polar surface area (TPSA) is 38.7 Å². The van der Waals surface area contributed by atoms with Crippen LogP contribution in [-0.4, -0.2) is 11.9 Å². The van der Waals surface area contributed by atoms with Crippen LogP contribution in [0.3, 0.4) is 0 Å². The highest BCUT2D eigenvalue weighted by Gasteiger charge is 2.27. The molecule has 0 bridgehead atoms. The molecule has 122 valence electrons. The summed E-state index contributed by atoms with van der Waals surface area (Å²) in [6, 6.07) is 6.29. The lowest BCUT2D eigenvalue weighted by Gasteiger charge is -2.03. The van der Waals surface area contributed by atoms with Crippen molar-refractivity contribution in [2.24, 2.45) is 4.99 Å². The van der Waals surface area contributed by atoms with Crippen LogP contribution in [0.2, 0.25) is 15.1 Å². The summed E-state index contributed by atoms with van der Waals surface area (Å²) in [5.41, 5.74) is 0.402. The molecule has 2 aromatic rings. The summed E-state index contributed by atoms with van der Waals surface area (Å²) in [5, 5.41) is 0.623. The number of ether oxygens (including phenoxy) is 1.